The third-order valence-corrected chi connectivity index (χ3v) is 4.95. The van der Waals surface area contributed by atoms with Crippen molar-refractivity contribution < 1.29 is 4.92 Å². The maximum Gasteiger partial charge on any atom is 0.294 e. The van der Waals surface area contributed by atoms with Crippen LogP contribution in [-0.2, 0) is 13.0 Å². The van der Waals surface area contributed by atoms with E-state index in [2.05, 4.69) is 6.07 Å². The second kappa shape index (κ2) is 5.48. The molecule has 1 aromatic carbocycles. The molecular weight excluding hydrogens is 324 g/mol. The van der Waals surface area contributed by atoms with Crippen LogP contribution in [-0.4, -0.2) is 11.5 Å². The quantitative estimate of drug-likeness (QED) is 0.671. The number of rotatable bonds is 2. The molecule has 2 aromatic rings. The predicted octanol–water partition coefficient (Wildman–Crippen LogP) is 3.33. The van der Waals surface area contributed by atoms with E-state index < -0.39 is 4.92 Å². The molecule has 0 radical (unpaired) electrons. The van der Waals surface area contributed by atoms with Gasteiger partial charge >= 0.3 is 0 Å². The molecule has 1 aliphatic rings. The number of halogens is 1. The average molecular weight is 335 g/mol. The Morgan fingerprint density at radius 2 is 2.27 bits per heavy atom. The fourth-order valence-corrected chi connectivity index (χ4v) is 3.91. The fourth-order valence-electron chi connectivity index (χ4n) is 2.66. The van der Waals surface area contributed by atoms with Gasteiger partial charge in [-0.1, -0.05) is 11.6 Å². The zero-order valence-electron chi connectivity index (χ0n) is 11.4. The van der Waals surface area contributed by atoms with E-state index in [-0.39, 0.29) is 5.69 Å². The Morgan fingerprint density at radius 3 is 2.95 bits per heavy atom. The number of nitrogens with zero attached hydrogens (tertiary/aromatic N) is 3. The van der Waals surface area contributed by atoms with Crippen LogP contribution < -0.4 is 10.6 Å². The van der Waals surface area contributed by atoms with E-state index in [4.69, 9.17) is 22.6 Å². The summed E-state index contributed by atoms with van der Waals surface area (Å²) in [7, 11) is 0. The molecule has 112 valence electrons. The first kappa shape index (κ1) is 14.6. The Kier molecular flexibility index (Phi) is 3.64. The smallest absolute Gasteiger partial charge is 0.294 e. The lowest BCUT2D eigenvalue weighted by Gasteiger charge is -2.28. The van der Waals surface area contributed by atoms with Gasteiger partial charge in [0.1, 0.15) is 16.8 Å². The van der Waals surface area contributed by atoms with Gasteiger partial charge in [-0.25, -0.2) is 0 Å². The maximum absolute atomic E-state index is 11.2. The first-order chi connectivity index (χ1) is 10.5. The van der Waals surface area contributed by atoms with E-state index in [0.717, 1.165) is 10.4 Å². The van der Waals surface area contributed by atoms with Crippen LogP contribution in [0.2, 0.25) is 5.02 Å². The number of nitriles is 1. The van der Waals surface area contributed by atoms with Crippen LogP contribution in [0.15, 0.2) is 18.2 Å². The minimum Gasteiger partial charge on any atom is -0.389 e. The zero-order valence-corrected chi connectivity index (χ0v) is 12.9. The van der Waals surface area contributed by atoms with Gasteiger partial charge < -0.3 is 10.6 Å². The van der Waals surface area contributed by atoms with Crippen LogP contribution >= 0.6 is 22.9 Å². The van der Waals surface area contributed by atoms with Crippen molar-refractivity contribution in [3.63, 3.8) is 0 Å². The Balaban J connectivity index is 1.99. The van der Waals surface area contributed by atoms with Gasteiger partial charge in [-0.05, 0) is 24.1 Å². The van der Waals surface area contributed by atoms with Gasteiger partial charge in [-0.2, -0.15) is 5.26 Å². The third-order valence-electron chi connectivity index (χ3n) is 3.67. The number of thiophene rings is 1. The number of anilines is 2. The molecule has 0 unspecified atom stereocenters. The summed E-state index contributed by atoms with van der Waals surface area (Å²) in [6, 6.07) is 6.80. The highest BCUT2D eigenvalue weighted by Crippen LogP contribution is 2.38. The minimum absolute atomic E-state index is 0.0130. The standard InChI is InChI=1S/C14H11ClN4O2S/c15-8-1-2-11(12(5-8)19(20)21)18-4-3-9-10(6-16)14(17)22-13(9)7-18/h1-2,5H,3-4,7,17H2. The third kappa shape index (κ3) is 2.36. The summed E-state index contributed by atoms with van der Waals surface area (Å²) < 4.78 is 0. The predicted molar refractivity (Wildman–Crippen MR) is 86.3 cm³/mol. The fraction of sp³-hybridized carbons (Fsp3) is 0.214. The molecule has 0 spiro atoms. The van der Waals surface area contributed by atoms with E-state index in [1.165, 1.54) is 17.4 Å². The number of fused-ring (bicyclic) bond motifs is 1. The van der Waals surface area contributed by atoms with E-state index in [1.807, 2.05) is 4.90 Å². The van der Waals surface area contributed by atoms with Crippen LogP contribution in [0.3, 0.4) is 0 Å². The first-order valence-electron chi connectivity index (χ1n) is 6.50. The molecule has 0 aliphatic carbocycles. The molecule has 0 fully saturated rings. The van der Waals surface area contributed by atoms with Gasteiger partial charge in [-0.3, -0.25) is 10.1 Å². The highest BCUT2D eigenvalue weighted by Gasteiger charge is 2.27. The molecule has 0 bridgehead atoms. The van der Waals surface area contributed by atoms with Gasteiger partial charge in [0.15, 0.2) is 0 Å². The summed E-state index contributed by atoms with van der Waals surface area (Å²) in [5, 5.41) is 21.2. The number of nitrogen functional groups attached to an aromatic ring is 1. The molecule has 22 heavy (non-hydrogen) atoms. The molecule has 0 saturated carbocycles. The van der Waals surface area contributed by atoms with Crippen LogP contribution in [0.4, 0.5) is 16.4 Å². The van der Waals surface area contributed by atoms with Crippen LogP contribution in [0.25, 0.3) is 0 Å². The van der Waals surface area contributed by atoms with Crippen molar-refractivity contribution in [1.82, 2.24) is 0 Å². The highest BCUT2D eigenvalue weighted by atomic mass is 35.5. The molecule has 1 aromatic heterocycles. The Labute approximate surface area is 135 Å². The van der Waals surface area contributed by atoms with Gasteiger partial charge in [0.25, 0.3) is 5.69 Å². The topological polar surface area (TPSA) is 96.2 Å². The molecular formula is C14H11ClN4O2S. The van der Waals surface area contributed by atoms with Crippen molar-refractivity contribution in [2.24, 2.45) is 0 Å². The summed E-state index contributed by atoms with van der Waals surface area (Å²) in [5.74, 6) is 0. The summed E-state index contributed by atoms with van der Waals surface area (Å²) in [6.45, 7) is 1.11. The molecule has 6 nitrogen and oxygen atoms in total. The molecule has 0 amide bonds. The van der Waals surface area contributed by atoms with Crippen LogP contribution in [0.5, 0.6) is 0 Å². The maximum atomic E-state index is 11.2. The van der Waals surface area contributed by atoms with Crippen LogP contribution in [0.1, 0.15) is 16.0 Å². The lowest BCUT2D eigenvalue weighted by atomic mass is 10.0. The van der Waals surface area contributed by atoms with E-state index in [9.17, 15) is 10.1 Å². The Hall–Kier alpha value is -2.30. The van der Waals surface area contributed by atoms with E-state index >= 15 is 0 Å². The summed E-state index contributed by atoms with van der Waals surface area (Å²) in [5.41, 5.74) is 7.90. The second-order valence-corrected chi connectivity index (χ2v) is 6.49. The lowest BCUT2D eigenvalue weighted by Crippen LogP contribution is -2.30. The van der Waals surface area contributed by atoms with Gasteiger partial charge in [0.05, 0.1) is 17.0 Å². The number of nitro benzene ring substituents is 1. The van der Waals surface area contributed by atoms with Crippen LogP contribution in [0, 0.1) is 21.4 Å². The van der Waals surface area contributed by atoms with E-state index in [1.54, 1.807) is 12.1 Å². The first-order valence-corrected chi connectivity index (χ1v) is 7.69. The van der Waals surface area contributed by atoms with Crippen molar-refractivity contribution in [2.75, 3.05) is 17.2 Å². The summed E-state index contributed by atoms with van der Waals surface area (Å²) in [6.07, 6.45) is 0.645. The van der Waals surface area contributed by atoms with Crippen molar-refractivity contribution >= 4 is 39.3 Å². The number of nitro groups is 1. The highest BCUT2D eigenvalue weighted by molar-refractivity contribution is 7.16. The number of hydrogen-bond acceptors (Lipinski definition) is 6. The minimum atomic E-state index is -0.430. The van der Waals surface area contributed by atoms with E-state index in [0.29, 0.717) is 40.8 Å². The lowest BCUT2D eigenvalue weighted by molar-refractivity contribution is -0.384. The Bertz CT molecular complexity index is 812. The van der Waals surface area contributed by atoms with Crippen molar-refractivity contribution in [3.8, 4) is 6.07 Å². The molecule has 0 atom stereocenters. The molecule has 8 heteroatoms. The monoisotopic (exact) mass is 334 g/mol. The van der Waals surface area contributed by atoms with Gasteiger partial charge in [-0.15, -0.1) is 11.3 Å². The largest absolute Gasteiger partial charge is 0.389 e. The Morgan fingerprint density at radius 1 is 1.50 bits per heavy atom. The summed E-state index contributed by atoms with van der Waals surface area (Å²) >= 11 is 7.23. The normalized spacial score (nSPS) is 13.5. The number of benzene rings is 1. The van der Waals surface area contributed by atoms with Crippen molar-refractivity contribution in [2.45, 2.75) is 13.0 Å². The molecule has 1 aliphatic heterocycles. The summed E-state index contributed by atoms with van der Waals surface area (Å²) in [4.78, 5) is 13.7. The molecule has 2 heterocycles. The van der Waals surface area contributed by atoms with Crippen molar-refractivity contribution in [3.05, 3.63) is 49.3 Å². The molecule has 2 N–H and O–H groups in total. The second-order valence-electron chi connectivity index (χ2n) is 4.92. The zero-order chi connectivity index (χ0) is 15.9. The SMILES string of the molecule is N#Cc1c(N)sc2c1CCN(c1ccc(Cl)cc1[N+](=O)[O-])C2. The number of hydrogen-bond donors (Lipinski definition) is 1. The van der Waals surface area contributed by atoms with Crippen molar-refractivity contribution in [1.29, 1.82) is 5.26 Å². The molecule has 0 saturated heterocycles. The van der Waals surface area contributed by atoms with Gasteiger partial charge in [0.2, 0.25) is 0 Å². The number of nitrogens with two attached hydrogens (primary N) is 1. The average Bonchev–Trinajstić information content (AvgIpc) is 2.81. The molecule has 3 rings (SSSR count). The van der Waals surface area contributed by atoms with Gasteiger partial charge in [0, 0.05) is 22.5 Å².